The van der Waals surface area contributed by atoms with Gasteiger partial charge in [-0.1, -0.05) is 53.9 Å². The number of benzene rings is 1. The maximum Gasteiger partial charge on any atom is 0.277 e. The molecule has 3 rings (SSSR count). The molecular formula is C15H15N5O3S3. The van der Waals surface area contributed by atoms with Crippen LogP contribution >= 0.6 is 34.9 Å². The van der Waals surface area contributed by atoms with Gasteiger partial charge in [0.25, 0.3) is 11.1 Å². The minimum Gasteiger partial charge on any atom is -0.496 e. The van der Waals surface area contributed by atoms with Crippen molar-refractivity contribution in [3.05, 3.63) is 24.3 Å². The van der Waals surface area contributed by atoms with Crippen LogP contribution in [-0.2, 0) is 4.79 Å². The Bertz CT molecular complexity index is 883. The predicted octanol–water partition coefficient (Wildman–Crippen LogP) is 3.44. The van der Waals surface area contributed by atoms with E-state index in [0.29, 0.717) is 27.6 Å². The summed E-state index contributed by atoms with van der Waals surface area (Å²) < 4.78 is 11.7. The van der Waals surface area contributed by atoms with Gasteiger partial charge < -0.3 is 9.15 Å². The van der Waals surface area contributed by atoms with Crippen LogP contribution in [0.2, 0.25) is 0 Å². The zero-order chi connectivity index (χ0) is 18.4. The summed E-state index contributed by atoms with van der Waals surface area (Å²) in [6.07, 6.45) is 0. The lowest BCUT2D eigenvalue weighted by atomic mass is 10.2. The van der Waals surface area contributed by atoms with Gasteiger partial charge in [-0.15, -0.1) is 20.4 Å². The van der Waals surface area contributed by atoms with Crippen molar-refractivity contribution in [3.63, 3.8) is 0 Å². The number of aromatic nitrogens is 4. The number of anilines is 1. The van der Waals surface area contributed by atoms with Gasteiger partial charge in [-0.25, -0.2) is 0 Å². The van der Waals surface area contributed by atoms with Crippen molar-refractivity contribution in [2.45, 2.75) is 16.5 Å². The lowest BCUT2D eigenvalue weighted by Crippen LogP contribution is -2.13. The van der Waals surface area contributed by atoms with E-state index in [1.807, 2.05) is 31.2 Å². The van der Waals surface area contributed by atoms with Gasteiger partial charge in [0.1, 0.15) is 5.75 Å². The lowest BCUT2D eigenvalue weighted by molar-refractivity contribution is -0.113. The molecule has 2 heterocycles. The van der Waals surface area contributed by atoms with Crippen LogP contribution in [0.15, 0.2) is 38.2 Å². The van der Waals surface area contributed by atoms with E-state index in [1.165, 1.54) is 11.3 Å². The van der Waals surface area contributed by atoms with E-state index in [2.05, 4.69) is 25.7 Å². The Kier molecular flexibility index (Phi) is 6.47. The summed E-state index contributed by atoms with van der Waals surface area (Å²) in [5.74, 6) is 1.81. The van der Waals surface area contributed by atoms with Crippen LogP contribution in [0.1, 0.15) is 6.92 Å². The number of para-hydroxylation sites is 1. The molecule has 2 aromatic heterocycles. The molecule has 3 aromatic rings. The number of amides is 1. The zero-order valence-corrected chi connectivity index (χ0v) is 16.4. The average Bonchev–Trinajstić information content (AvgIpc) is 3.30. The standard InChI is InChI=1S/C15H15N5O3S3/c1-3-24-15-20-18-13(26-15)16-11(21)8-25-14-19-17-12(23-14)9-6-4-5-7-10(9)22-2/h4-7H,3,8H2,1-2H3,(H,16,18,21). The molecule has 136 valence electrons. The molecule has 0 bridgehead atoms. The van der Waals surface area contributed by atoms with Gasteiger partial charge in [0.15, 0.2) is 4.34 Å². The Balaban J connectivity index is 1.56. The van der Waals surface area contributed by atoms with E-state index >= 15 is 0 Å². The molecule has 0 radical (unpaired) electrons. The van der Waals surface area contributed by atoms with Gasteiger partial charge in [-0.3, -0.25) is 10.1 Å². The van der Waals surface area contributed by atoms with Crippen LogP contribution in [0.3, 0.4) is 0 Å². The normalized spacial score (nSPS) is 10.7. The van der Waals surface area contributed by atoms with Crippen LogP contribution < -0.4 is 10.1 Å². The average molecular weight is 410 g/mol. The van der Waals surface area contributed by atoms with Crippen molar-refractivity contribution in [1.82, 2.24) is 20.4 Å². The molecule has 0 unspecified atom stereocenters. The molecule has 0 aliphatic heterocycles. The van der Waals surface area contributed by atoms with Crippen molar-refractivity contribution < 1.29 is 13.9 Å². The van der Waals surface area contributed by atoms with Gasteiger partial charge >= 0.3 is 0 Å². The Morgan fingerprint density at radius 3 is 2.88 bits per heavy atom. The van der Waals surface area contributed by atoms with Crippen molar-refractivity contribution in [2.75, 3.05) is 23.9 Å². The molecule has 26 heavy (non-hydrogen) atoms. The van der Waals surface area contributed by atoms with E-state index in [0.717, 1.165) is 21.9 Å². The summed E-state index contributed by atoms with van der Waals surface area (Å²) in [5, 5.41) is 19.4. The third-order valence-corrected chi connectivity index (χ3v) is 5.66. The van der Waals surface area contributed by atoms with Crippen LogP contribution in [0.5, 0.6) is 5.75 Å². The number of nitrogens with zero attached hydrogens (tertiary/aromatic N) is 4. The molecule has 8 nitrogen and oxygen atoms in total. The monoisotopic (exact) mass is 409 g/mol. The van der Waals surface area contributed by atoms with Crippen molar-refractivity contribution >= 4 is 45.9 Å². The third kappa shape index (κ3) is 4.74. The summed E-state index contributed by atoms with van der Waals surface area (Å²) in [6.45, 7) is 2.03. The fourth-order valence-electron chi connectivity index (χ4n) is 1.92. The number of hydrogen-bond acceptors (Lipinski definition) is 10. The van der Waals surface area contributed by atoms with E-state index in [1.54, 1.807) is 18.9 Å². The third-order valence-electron chi connectivity index (χ3n) is 2.99. The summed E-state index contributed by atoms with van der Waals surface area (Å²) in [7, 11) is 1.58. The fraction of sp³-hybridized carbons (Fsp3) is 0.267. The zero-order valence-electron chi connectivity index (χ0n) is 14.0. The second-order valence-electron chi connectivity index (χ2n) is 4.72. The smallest absolute Gasteiger partial charge is 0.277 e. The molecule has 0 saturated carbocycles. The summed E-state index contributed by atoms with van der Waals surface area (Å²) in [5.41, 5.74) is 0.702. The minimum atomic E-state index is -0.212. The highest BCUT2D eigenvalue weighted by Gasteiger charge is 2.15. The molecular weight excluding hydrogens is 394 g/mol. The molecule has 0 aliphatic rings. The van der Waals surface area contributed by atoms with Crippen LogP contribution in [0.4, 0.5) is 5.13 Å². The predicted molar refractivity (Wildman–Crippen MR) is 102 cm³/mol. The molecule has 0 atom stereocenters. The summed E-state index contributed by atoms with van der Waals surface area (Å²) >= 11 is 4.08. The minimum absolute atomic E-state index is 0.128. The number of thioether (sulfide) groups is 2. The first-order chi connectivity index (χ1) is 12.7. The second kappa shape index (κ2) is 9.01. The first-order valence-corrected chi connectivity index (χ1v) is 10.3. The highest BCUT2D eigenvalue weighted by atomic mass is 32.2. The number of carbonyl (C=O) groups excluding carboxylic acids is 1. The van der Waals surface area contributed by atoms with Crippen molar-refractivity contribution in [2.24, 2.45) is 0 Å². The van der Waals surface area contributed by atoms with E-state index < -0.39 is 0 Å². The summed E-state index contributed by atoms with van der Waals surface area (Å²) in [6, 6.07) is 7.36. The number of hydrogen-bond donors (Lipinski definition) is 1. The highest BCUT2D eigenvalue weighted by Crippen LogP contribution is 2.30. The first kappa shape index (κ1) is 18.7. The number of carbonyl (C=O) groups is 1. The van der Waals surface area contributed by atoms with Gasteiger partial charge in [-0.2, -0.15) is 0 Å². The maximum atomic E-state index is 12.0. The molecule has 1 aromatic carbocycles. The Morgan fingerprint density at radius 1 is 1.23 bits per heavy atom. The highest BCUT2D eigenvalue weighted by molar-refractivity contribution is 8.01. The topological polar surface area (TPSA) is 103 Å². The fourth-order valence-corrected chi connectivity index (χ4v) is 4.15. The Morgan fingerprint density at radius 2 is 2.08 bits per heavy atom. The van der Waals surface area contributed by atoms with Crippen molar-refractivity contribution in [3.8, 4) is 17.2 Å². The van der Waals surface area contributed by atoms with E-state index in [-0.39, 0.29) is 11.7 Å². The summed E-state index contributed by atoms with van der Waals surface area (Å²) in [4.78, 5) is 12.0. The molecule has 0 aliphatic carbocycles. The second-order valence-corrected chi connectivity index (χ2v) is 8.13. The van der Waals surface area contributed by atoms with E-state index in [4.69, 9.17) is 9.15 Å². The van der Waals surface area contributed by atoms with Gasteiger partial charge in [0.2, 0.25) is 11.0 Å². The van der Waals surface area contributed by atoms with Crippen LogP contribution in [-0.4, -0.2) is 44.9 Å². The lowest BCUT2D eigenvalue weighted by Gasteiger charge is -2.03. The SMILES string of the molecule is CCSc1nnc(NC(=O)CSc2nnc(-c3ccccc3OC)o2)s1. The van der Waals surface area contributed by atoms with E-state index in [9.17, 15) is 4.79 Å². The quantitative estimate of drug-likeness (QED) is 0.442. The number of ether oxygens (including phenoxy) is 1. The van der Waals surface area contributed by atoms with Crippen LogP contribution in [0.25, 0.3) is 11.5 Å². The van der Waals surface area contributed by atoms with Crippen molar-refractivity contribution in [1.29, 1.82) is 0 Å². The van der Waals surface area contributed by atoms with Gasteiger partial charge in [-0.05, 0) is 17.9 Å². The molecule has 0 fully saturated rings. The number of rotatable bonds is 8. The first-order valence-electron chi connectivity index (χ1n) is 7.55. The largest absolute Gasteiger partial charge is 0.496 e. The Labute approximate surface area is 162 Å². The van der Waals surface area contributed by atoms with Crippen LogP contribution in [0, 0.1) is 0 Å². The maximum absolute atomic E-state index is 12.0. The molecule has 11 heteroatoms. The Hall–Kier alpha value is -2.11. The molecule has 1 amide bonds. The molecule has 0 saturated heterocycles. The van der Waals surface area contributed by atoms with Gasteiger partial charge in [0, 0.05) is 0 Å². The molecule has 0 spiro atoms. The number of methoxy groups -OCH3 is 1. The van der Waals surface area contributed by atoms with Gasteiger partial charge in [0.05, 0.1) is 18.4 Å². The molecule has 1 N–H and O–H groups in total. The number of nitrogens with one attached hydrogen (secondary N) is 1.